The van der Waals surface area contributed by atoms with Crippen LogP contribution in [0, 0.1) is 12.8 Å². The number of rotatable bonds is 7. The van der Waals surface area contributed by atoms with Gasteiger partial charge in [0.25, 0.3) is 0 Å². The molecular formula is C20H37N7O. The van der Waals surface area contributed by atoms with E-state index in [-0.39, 0.29) is 0 Å². The summed E-state index contributed by atoms with van der Waals surface area (Å²) in [5, 5.41) is 15.6. The van der Waals surface area contributed by atoms with Gasteiger partial charge in [0.05, 0.1) is 13.2 Å². The Bertz CT molecular complexity index is 616. The van der Waals surface area contributed by atoms with E-state index in [0.29, 0.717) is 12.6 Å². The van der Waals surface area contributed by atoms with E-state index in [1.165, 1.54) is 25.7 Å². The van der Waals surface area contributed by atoms with Gasteiger partial charge in [-0.05, 0) is 51.5 Å². The molecule has 0 bridgehead atoms. The van der Waals surface area contributed by atoms with Gasteiger partial charge in [-0.2, -0.15) is 0 Å². The second kappa shape index (κ2) is 10.8. The number of morpholine rings is 1. The number of nitrogens with zero attached hydrogens (tertiary/aromatic N) is 5. The molecule has 0 unspecified atom stereocenters. The molecule has 1 aromatic heterocycles. The summed E-state index contributed by atoms with van der Waals surface area (Å²) in [7, 11) is 1.99. The van der Waals surface area contributed by atoms with Crippen molar-refractivity contribution >= 4 is 5.96 Å². The third kappa shape index (κ3) is 6.44. The van der Waals surface area contributed by atoms with Crippen LogP contribution in [0.25, 0.3) is 0 Å². The fraction of sp³-hybridized carbons (Fsp3) is 0.850. The summed E-state index contributed by atoms with van der Waals surface area (Å²) in [6.45, 7) is 10.7. The molecule has 8 nitrogen and oxygen atoms in total. The lowest BCUT2D eigenvalue weighted by atomic mass is 9.87. The second-order valence-electron chi connectivity index (χ2n) is 8.22. The molecule has 1 aromatic rings. The van der Waals surface area contributed by atoms with Crippen LogP contribution in [0.4, 0.5) is 0 Å². The molecule has 3 rings (SSSR count). The number of hydrogen-bond donors (Lipinski definition) is 2. The minimum Gasteiger partial charge on any atom is -0.379 e. The van der Waals surface area contributed by atoms with Crippen molar-refractivity contribution in [3.05, 3.63) is 11.6 Å². The molecule has 28 heavy (non-hydrogen) atoms. The molecule has 2 heterocycles. The Morgan fingerprint density at radius 1 is 1.18 bits per heavy atom. The minimum atomic E-state index is 0.517. The van der Waals surface area contributed by atoms with Gasteiger partial charge in [0.2, 0.25) is 0 Å². The fourth-order valence-corrected chi connectivity index (χ4v) is 3.82. The first kappa shape index (κ1) is 21.0. The van der Waals surface area contributed by atoms with Crippen molar-refractivity contribution in [3.63, 3.8) is 0 Å². The smallest absolute Gasteiger partial charge is 0.191 e. The van der Waals surface area contributed by atoms with Crippen LogP contribution < -0.4 is 10.6 Å². The molecular weight excluding hydrogens is 354 g/mol. The Morgan fingerprint density at radius 2 is 1.93 bits per heavy atom. The van der Waals surface area contributed by atoms with Crippen LogP contribution in [-0.4, -0.2) is 71.1 Å². The molecule has 1 aliphatic carbocycles. The average Bonchev–Trinajstić information content (AvgIpc) is 3.03. The van der Waals surface area contributed by atoms with Gasteiger partial charge in [-0.15, -0.1) is 10.2 Å². The fourth-order valence-electron chi connectivity index (χ4n) is 3.82. The number of nitrogens with one attached hydrogen (secondary N) is 2. The maximum absolute atomic E-state index is 5.42. The Kier molecular flexibility index (Phi) is 8.09. The van der Waals surface area contributed by atoms with Gasteiger partial charge in [-0.3, -0.25) is 4.90 Å². The van der Waals surface area contributed by atoms with Gasteiger partial charge in [0.1, 0.15) is 12.4 Å². The highest BCUT2D eigenvalue weighted by molar-refractivity contribution is 5.80. The largest absolute Gasteiger partial charge is 0.379 e. The number of aliphatic imine (C=N–C) groups is 1. The topological polar surface area (TPSA) is 79.6 Å². The maximum atomic E-state index is 5.42. The van der Waals surface area contributed by atoms with Crippen LogP contribution in [-0.2, 0) is 18.3 Å². The zero-order valence-electron chi connectivity index (χ0n) is 17.8. The van der Waals surface area contributed by atoms with Gasteiger partial charge in [0.15, 0.2) is 11.8 Å². The van der Waals surface area contributed by atoms with Crippen molar-refractivity contribution in [3.8, 4) is 0 Å². The molecule has 0 atom stereocenters. The van der Waals surface area contributed by atoms with E-state index in [1.54, 1.807) is 0 Å². The van der Waals surface area contributed by atoms with Crippen molar-refractivity contribution in [1.29, 1.82) is 0 Å². The number of guanidine groups is 1. The van der Waals surface area contributed by atoms with Crippen molar-refractivity contribution in [2.75, 3.05) is 39.4 Å². The van der Waals surface area contributed by atoms with E-state index < -0.39 is 0 Å². The lowest BCUT2D eigenvalue weighted by Crippen LogP contribution is -2.45. The van der Waals surface area contributed by atoms with E-state index in [2.05, 4.69) is 32.7 Å². The number of aromatic nitrogens is 3. The molecule has 8 heteroatoms. The third-order valence-electron chi connectivity index (χ3n) is 5.97. The molecule has 0 amide bonds. The van der Waals surface area contributed by atoms with Gasteiger partial charge < -0.3 is 19.9 Å². The zero-order valence-corrected chi connectivity index (χ0v) is 17.8. The molecule has 158 valence electrons. The Hall–Kier alpha value is -1.67. The van der Waals surface area contributed by atoms with Gasteiger partial charge in [0, 0.05) is 32.7 Å². The van der Waals surface area contributed by atoms with E-state index in [9.17, 15) is 0 Å². The van der Waals surface area contributed by atoms with Crippen LogP contribution in [0.3, 0.4) is 0 Å². The standard InChI is InChI=1S/C20H37N7O/c1-16-5-7-18(8-6-16)23-20(22-15-19-25-24-17(2)26(19)3)21-9-4-10-27-11-13-28-14-12-27/h16,18H,4-15H2,1-3H3,(H2,21,22,23). The van der Waals surface area contributed by atoms with Gasteiger partial charge >= 0.3 is 0 Å². The zero-order chi connectivity index (χ0) is 19.8. The molecule has 1 saturated carbocycles. The van der Waals surface area contributed by atoms with Crippen LogP contribution in [0.2, 0.25) is 0 Å². The first-order chi connectivity index (χ1) is 13.6. The number of ether oxygens (including phenoxy) is 1. The Labute approximate surface area is 169 Å². The Balaban J connectivity index is 1.50. The summed E-state index contributed by atoms with van der Waals surface area (Å²) in [5.74, 6) is 3.56. The average molecular weight is 392 g/mol. The van der Waals surface area contributed by atoms with Crippen molar-refractivity contribution in [1.82, 2.24) is 30.3 Å². The molecule has 0 spiro atoms. The molecule has 1 saturated heterocycles. The van der Waals surface area contributed by atoms with Gasteiger partial charge in [-0.25, -0.2) is 4.99 Å². The van der Waals surface area contributed by atoms with Crippen molar-refractivity contribution in [2.24, 2.45) is 18.0 Å². The summed E-state index contributed by atoms with van der Waals surface area (Å²) in [5.41, 5.74) is 0. The predicted octanol–water partition coefficient (Wildman–Crippen LogP) is 1.46. The van der Waals surface area contributed by atoms with Crippen LogP contribution >= 0.6 is 0 Å². The monoisotopic (exact) mass is 391 g/mol. The summed E-state index contributed by atoms with van der Waals surface area (Å²) < 4.78 is 7.42. The quantitative estimate of drug-likeness (QED) is 0.416. The maximum Gasteiger partial charge on any atom is 0.191 e. The third-order valence-corrected chi connectivity index (χ3v) is 5.97. The van der Waals surface area contributed by atoms with E-state index >= 15 is 0 Å². The lowest BCUT2D eigenvalue weighted by Gasteiger charge is -2.29. The summed E-state index contributed by atoms with van der Waals surface area (Å²) in [6.07, 6.45) is 6.14. The Morgan fingerprint density at radius 3 is 2.61 bits per heavy atom. The summed E-state index contributed by atoms with van der Waals surface area (Å²) in [6, 6.07) is 0.517. The second-order valence-corrected chi connectivity index (χ2v) is 8.22. The van der Waals surface area contributed by atoms with E-state index in [0.717, 1.165) is 69.3 Å². The molecule has 0 aromatic carbocycles. The molecule has 2 aliphatic rings. The van der Waals surface area contributed by atoms with Crippen molar-refractivity contribution < 1.29 is 4.74 Å². The van der Waals surface area contributed by atoms with Crippen molar-refractivity contribution in [2.45, 2.75) is 58.5 Å². The number of hydrogen-bond acceptors (Lipinski definition) is 5. The predicted molar refractivity (Wildman–Crippen MR) is 111 cm³/mol. The molecule has 1 aliphatic heterocycles. The van der Waals surface area contributed by atoms with Gasteiger partial charge in [-0.1, -0.05) is 6.92 Å². The van der Waals surface area contributed by atoms with Crippen LogP contribution in [0.5, 0.6) is 0 Å². The summed E-state index contributed by atoms with van der Waals surface area (Å²) in [4.78, 5) is 7.28. The highest BCUT2D eigenvalue weighted by Crippen LogP contribution is 2.23. The van der Waals surface area contributed by atoms with E-state index in [1.807, 2.05) is 18.5 Å². The first-order valence-corrected chi connectivity index (χ1v) is 10.8. The highest BCUT2D eigenvalue weighted by atomic mass is 16.5. The SMILES string of the molecule is Cc1nnc(CN=C(NCCCN2CCOCC2)NC2CCC(C)CC2)n1C. The molecule has 0 radical (unpaired) electrons. The minimum absolute atomic E-state index is 0.517. The lowest BCUT2D eigenvalue weighted by molar-refractivity contribution is 0.0376. The van der Waals surface area contributed by atoms with Crippen LogP contribution in [0.1, 0.15) is 50.7 Å². The first-order valence-electron chi connectivity index (χ1n) is 10.8. The number of aryl methyl sites for hydroxylation is 1. The normalized spacial score (nSPS) is 24.3. The summed E-state index contributed by atoms with van der Waals surface area (Å²) >= 11 is 0. The highest BCUT2D eigenvalue weighted by Gasteiger charge is 2.19. The molecule has 2 N–H and O–H groups in total. The van der Waals surface area contributed by atoms with E-state index in [4.69, 9.17) is 9.73 Å². The van der Waals surface area contributed by atoms with Crippen LogP contribution in [0.15, 0.2) is 4.99 Å². The molecule has 2 fully saturated rings.